The molecule has 0 spiro atoms. The van der Waals surface area contributed by atoms with E-state index in [9.17, 15) is 9.59 Å². The molecule has 0 unspecified atom stereocenters. The molecule has 1 amide bonds. The second kappa shape index (κ2) is 4.95. The van der Waals surface area contributed by atoms with Gasteiger partial charge in [-0.3, -0.25) is 9.78 Å². The third kappa shape index (κ3) is 2.61. The van der Waals surface area contributed by atoms with Gasteiger partial charge in [0.1, 0.15) is 0 Å². The summed E-state index contributed by atoms with van der Waals surface area (Å²) < 4.78 is 0. The van der Waals surface area contributed by atoms with Crippen LogP contribution in [0.4, 0.5) is 0 Å². The molecule has 90 valence electrons. The van der Waals surface area contributed by atoms with Crippen molar-refractivity contribution >= 4 is 11.9 Å². The molecule has 1 fully saturated rings. The number of pyridine rings is 1. The number of carboxylic acid groups (broad SMARTS) is 1. The average Bonchev–Trinajstić information content (AvgIpc) is 2.32. The van der Waals surface area contributed by atoms with Gasteiger partial charge in [-0.15, -0.1) is 0 Å². The Hall–Kier alpha value is -1.91. The summed E-state index contributed by atoms with van der Waals surface area (Å²) in [5.41, 5.74) is 0.814. The summed E-state index contributed by atoms with van der Waals surface area (Å²) in [6.45, 7) is 1.04. The molecule has 0 bridgehead atoms. The average molecular weight is 234 g/mol. The van der Waals surface area contributed by atoms with Gasteiger partial charge in [-0.1, -0.05) is 0 Å². The lowest BCUT2D eigenvalue weighted by atomic mass is 10.1. The van der Waals surface area contributed by atoms with Crippen LogP contribution in [0.25, 0.3) is 0 Å². The number of aromatic carboxylic acids is 1. The van der Waals surface area contributed by atoms with Crippen molar-refractivity contribution in [1.82, 2.24) is 9.88 Å². The molecular formula is C12H14N2O3. The fourth-order valence-corrected chi connectivity index (χ4v) is 2.00. The first kappa shape index (κ1) is 11.6. The Morgan fingerprint density at radius 3 is 3.00 bits per heavy atom. The van der Waals surface area contributed by atoms with Crippen molar-refractivity contribution in [2.45, 2.75) is 25.8 Å². The molecule has 5 nitrogen and oxygen atoms in total. The van der Waals surface area contributed by atoms with E-state index in [4.69, 9.17) is 5.11 Å². The summed E-state index contributed by atoms with van der Waals surface area (Å²) >= 11 is 0. The van der Waals surface area contributed by atoms with Gasteiger partial charge in [0.15, 0.2) is 0 Å². The Bertz CT molecular complexity index is 445. The number of carbonyl (C=O) groups is 2. The lowest BCUT2D eigenvalue weighted by molar-refractivity contribution is -0.133. The molecule has 1 saturated heterocycles. The van der Waals surface area contributed by atoms with E-state index in [2.05, 4.69) is 4.98 Å². The van der Waals surface area contributed by atoms with Gasteiger partial charge >= 0.3 is 5.97 Å². The Balaban J connectivity index is 2.17. The Morgan fingerprint density at radius 2 is 2.29 bits per heavy atom. The number of nitrogens with zero attached hydrogens (tertiary/aromatic N) is 2. The molecular weight excluding hydrogens is 220 g/mol. The van der Waals surface area contributed by atoms with Gasteiger partial charge in [0.25, 0.3) is 0 Å². The van der Waals surface area contributed by atoms with Crippen LogP contribution in [0.1, 0.15) is 35.2 Å². The van der Waals surface area contributed by atoms with Crippen LogP contribution in [-0.2, 0) is 11.3 Å². The molecule has 1 aromatic rings. The molecule has 0 radical (unpaired) electrons. The van der Waals surface area contributed by atoms with Crippen LogP contribution in [0.5, 0.6) is 0 Å². The molecule has 1 aromatic heterocycles. The van der Waals surface area contributed by atoms with Gasteiger partial charge in [-0.05, 0) is 18.9 Å². The van der Waals surface area contributed by atoms with Gasteiger partial charge in [0, 0.05) is 37.5 Å². The van der Waals surface area contributed by atoms with E-state index in [1.54, 1.807) is 4.90 Å². The SMILES string of the molecule is O=C(O)c1ccncc1CN1CCCCC1=O. The van der Waals surface area contributed by atoms with Crippen molar-refractivity contribution in [3.63, 3.8) is 0 Å². The van der Waals surface area contributed by atoms with E-state index in [0.717, 1.165) is 12.8 Å². The Morgan fingerprint density at radius 1 is 1.47 bits per heavy atom. The van der Waals surface area contributed by atoms with E-state index in [-0.39, 0.29) is 11.5 Å². The number of aromatic nitrogens is 1. The van der Waals surface area contributed by atoms with Crippen LogP contribution < -0.4 is 0 Å². The van der Waals surface area contributed by atoms with Gasteiger partial charge in [-0.25, -0.2) is 4.79 Å². The molecule has 2 heterocycles. The molecule has 5 heteroatoms. The van der Waals surface area contributed by atoms with E-state index in [1.807, 2.05) is 0 Å². The van der Waals surface area contributed by atoms with Crippen molar-refractivity contribution in [2.24, 2.45) is 0 Å². The number of amides is 1. The third-order valence-electron chi connectivity index (χ3n) is 2.92. The number of rotatable bonds is 3. The van der Waals surface area contributed by atoms with Gasteiger partial charge in [-0.2, -0.15) is 0 Å². The zero-order valence-corrected chi connectivity index (χ0v) is 9.43. The highest BCUT2D eigenvalue weighted by molar-refractivity contribution is 5.89. The lowest BCUT2D eigenvalue weighted by Crippen LogP contribution is -2.35. The monoisotopic (exact) mass is 234 g/mol. The second-order valence-electron chi connectivity index (χ2n) is 4.11. The lowest BCUT2D eigenvalue weighted by Gasteiger charge is -2.27. The summed E-state index contributed by atoms with van der Waals surface area (Å²) in [5, 5.41) is 9.03. The van der Waals surface area contributed by atoms with Crippen molar-refractivity contribution in [3.05, 3.63) is 29.6 Å². The maximum atomic E-state index is 11.6. The van der Waals surface area contributed by atoms with E-state index < -0.39 is 5.97 Å². The first-order valence-corrected chi connectivity index (χ1v) is 5.62. The maximum absolute atomic E-state index is 11.6. The normalized spacial score (nSPS) is 16.0. The highest BCUT2D eigenvalue weighted by atomic mass is 16.4. The summed E-state index contributed by atoms with van der Waals surface area (Å²) in [6, 6.07) is 1.46. The van der Waals surface area contributed by atoms with E-state index >= 15 is 0 Å². The minimum atomic E-state index is -0.980. The van der Waals surface area contributed by atoms with Crippen molar-refractivity contribution in [2.75, 3.05) is 6.54 Å². The van der Waals surface area contributed by atoms with Crippen LogP contribution >= 0.6 is 0 Å². The fraction of sp³-hybridized carbons (Fsp3) is 0.417. The standard InChI is InChI=1S/C12H14N2O3/c15-11-3-1-2-6-14(11)8-9-7-13-5-4-10(9)12(16)17/h4-5,7H,1-3,6,8H2,(H,16,17). The summed E-state index contributed by atoms with van der Waals surface area (Å²) in [6.07, 6.45) is 5.43. The highest BCUT2D eigenvalue weighted by Crippen LogP contribution is 2.16. The number of likely N-dealkylation sites (tertiary alicyclic amines) is 1. The summed E-state index contributed by atoms with van der Waals surface area (Å²) in [4.78, 5) is 28.3. The molecule has 1 aliphatic rings. The first-order chi connectivity index (χ1) is 8.18. The van der Waals surface area contributed by atoms with Gasteiger partial charge in [0.2, 0.25) is 5.91 Å². The predicted octanol–water partition coefficient (Wildman–Crippen LogP) is 1.29. The molecule has 0 atom stereocenters. The molecule has 17 heavy (non-hydrogen) atoms. The van der Waals surface area contributed by atoms with Gasteiger partial charge < -0.3 is 10.0 Å². The van der Waals surface area contributed by atoms with Crippen LogP contribution in [-0.4, -0.2) is 33.4 Å². The van der Waals surface area contributed by atoms with Crippen LogP contribution in [0.3, 0.4) is 0 Å². The van der Waals surface area contributed by atoms with Crippen molar-refractivity contribution in [3.8, 4) is 0 Å². The Kier molecular flexibility index (Phi) is 3.37. The highest BCUT2D eigenvalue weighted by Gasteiger charge is 2.20. The molecule has 2 rings (SSSR count). The minimum absolute atomic E-state index is 0.0939. The van der Waals surface area contributed by atoms with Crippen LogP contribution in [0.15, 0.2) is 18.5 Å². The third-order valence-corrected chi connectivity index (χ3v) is 2.92. The number of carbonyl (C=O) groups excluding carboxylic acids is 1. The second-order valence-corrected chi connectivity index (χ2v) is 4.11. The topological polar surface area (TPSA) is 70.5 Å². The first-order valence-electron chi connectivity index (χ1n) is 5.62. The maximum Gasteiger partial charge on any atom is 0.336 e. The predicted molar refractivity (Wildman–Crippen MR) is 60.5 cm³/mol. The number of hydrogen-bond donors (Lipinski definition) is 1. The van der Waals surface area contributed by atoms with Crippen molar-refractivity contribution < 1.29 is 14.7 Å². The zero-order chi connectivity index (χ0) is 12.3. The van der Waals surface area contributed by atoms with Crippen molar-refractivity contribution in [1.29, 1.82) is 0 Å². The minimum Gasteiger partial charge on any atom is -0.478 e. The quantitative estimate of drug-likeness (QED) is 0.855. The number of carboxylic acids is 1. The number of piperidine rings is 1. The molecule has 0 aromatic carbocycles. The Labute approximate surface area is 99.1 Å². The van der Waals surface area contributed by atoms with Crippen LogP contribution in [0, 0.1) is 0 Å². The molecule has 0 aliphatic carbocycles. The smallest absolute Gasteiger partial charge is 0.336 e. The summed E-state index contributed by atoms with van der Waals surface area (Å²) in [5.74, 6) is -0.886. The largest absolute Gasteiger partial charge is 0.478 e. The fourth-order valence-electron chi connectivity index (χ4n) is 2.00. The van der Waals surface area contributed by atoms with Gasteiger partial charge in [0.05, 0.1) is 5.56 Å². The zero-order valence-electron chi connectivity index (χ0n) is 9.43. The summed E-state index contributed by atoms with van der Waals surface area (Å²) in [7, 11) is 0. The van der Waals surface area contributed by atoms with E-state index in [1.165, 1.54) is 18.5 Å². The van der Waals surface area contributed by atoms with E-state index in [0.29, 0.717) is 25.1 Å². The molecule has 1 aliphatic heterocycles. The number of hydrogen-bond acceptors (Lipinski definition) is 3. The van der Waals surface area contributed by atoms with Crippen LogP contribution in [0.2, 0.25) is 0 Å². The molecule has 0 saturated carbocycles. The molecule has 1 N–H and O–H groups in total.